The van der Waals surface area contributed by atoms with E-state index in [0.29, 0.717) is 11.8 Å². The molecule has 112 valence electrons. The third-order valence-electron chi connectivity index (χ3n) is 3.91. The molecule has 0 spiro atoms. The van der Waals surface area contributed by atoms with Crippen LogP contribution in [0.4, 0.5) is 5.82 Å². The van der Waals surface area contributed by atoms with E-state index in [1.54, 1.807) is 0 Å². The van der Waals surface area contributed by atoms with E-state index in [1.807, 2.05) is 27.0 Å². The highest BCUT2D eigenvalue weighted by Gasteiger charge is 2.24. The lowest BCUT2D eigenvalue weighted by atomic mass is 9.94. The maximum absolute atomic E-state index is 5.06. The zero-order valence-corrected chi connectivity index (χ0v) is 12.8. The van der Waals surface area contributed by atoms with Gasteiger partial charge in [0.2, 0.25) is 5.89 Å². The monoisotopic (exact) mass is 287 g/mol. The average Bonchev–Trinajstić information content (AvgIpc) is 2.87. The number of aromatic nitrogens is 4. The third kappa shape index (κ3) is 3.20. The molecule has 1 saturated heterocycles. The number of anilines is 1. The van der Waals surface area contributed by atoms with Crippen molar-refractivity contribution in [1.29, 1.82) is 0 Å². The van der Waals surface area contributed by atoms with Gasteiger partial charge in [-0.25, -0.2) is 4.98 Å². The van der Waals surface area contributed by atoms with Crippen LogP contribution < -0.4 is 4.90 Å². The van der Waals surface area contributed by atoms with Crippen molar-refractivity contribution in [3.8, 4) is 0 Å². The van der Waals surface area contributed by atoms with E-state index in [2.05, 4.69) is 25.0 Å². The molecule has 1 atom stereocenters. The number of piperidine rings is 1. The highest BCUT2D eigenvalue weighted by molar-refractivity contribution is 5.43. The molecular weight excluding hydrogens is 266 g/mol. The Hall–Kier alpha value is -1.98. The van der Waals surface area contributed by atoms with Crippen LogP contribution in [0.2, 0.25) is 0 Å². The Morgan fingerprint density at radius 3 is 2.90 bits per heavy atom. The molecule has 0 aliphatic carbocycles. The average molecular weight is 287 g/mol. The highest BCUT2D eigenvalue weighted by atomic mass is 16.5. The first-order valence-electron chi connectivity index (χ1n) is 7.46. The first-order valence-corrected chi connectivity index (χ1v) is 7.46. The van der Waals surface area contributed by atoms with Crippen molar-refractivity contribution in [1.82, 2.24) is 20.1 Å². The van der Waals surface area contributed by atoms with Gasteiger partial charge in [-0.1, -0.05) is 5.16 Å². The summed E-state index contributed by atoms with van der Waals surface area (Å²) in [6, 6.07) is 0. The molecule has 1 fully saturated rings. The molecule has 0 saturated carbocycles. The van der Waals surface area contributed by atoms with Crippen LogP contribution in [0.25, 0.3) is 0 Å². The predicted octanol–water partition coefficient (Wildman–Crippen LogP) is 2.24. The van der Waals surface area contributed by atoms with Gasteiger partial charge in [0.25, 0.3) is 0 Å². The van der Waals surface area contributed by atoms with E-state index in [9.17, 15) is 0 Å². The molecule has 2 aromatic heterocycles. The van der Waals surface area contributed by atoms with Crippen LogP contribution in [0.5, 0.6) is 0 Å². The Morgan fingerprint density at radius 2 is 2.14 bits per heavy atom. The SMILES string of the molecule is Cc1cnc(C)c(N2CCCC(Cc3noc(C)n3)C2)n1. The van der Waals surface area contributed by atoms with Crippen molar-refractivity contribution in [2.75, 3.05) is 18.0 Å². The fourth-order valence-corrected chi connectivity index (χ4v) is 2.93. The second-order valence-electron chi connectivity index (χ2n) is 5.81. The molecule has 0 aromatic carbocycles. The number of aryl methyl sites for hydroxylation is 3. The molecule has 1 unspecified atom stereocenters. The number of hydrogen-bond donors (Lipinski definition) is 0. The molecule has 3 heterocycles. The number of rotatable bonds is 3. The van der Waals surface area contributed by atoms with Crippen molar-refractivity contribution in [2.45, 2.75) is 40.0 Å². The molecule has 1 aliphatic heterocycles. The van der Waals surface area contributed by atoms with Gasteiger partial charge in [0.1, 0.15) is 5.82 Å². The second kappa shape index (κ2) is 5.79. The summed E-state index contributed by atoms with van der Waals surface area (Å²) in [5.41, 5.74) is 1.96. The highest BCUT2D eigenvalue weighted by Crippen LogP contribution is 2.25. The smallest absolute Gasteiger partial charge is 0.223 e. The second-order valence-corrected chi connectivity index (χ2v) is 5.81. The first kappa shape index (κ1) is 14.0. The molecule has 6 nitrogen and oxygen atoms in total. The standard InChI is InChI=1S/C15H21N5O/c1-10-8-16-11(2)15(17-10)20-6-4-5-13(9-20)7-14-18-12(3)21-19-14/h8,13H,4-7,9H2,1-3H3. The summed E-state index contributed by atoms with van der Waals surface area (Å²) in [4.78, 5) is 15.7. The van der Waals surface area contributed by atoms with Crippen molar-refractivity contribution >= 4 is 5.82 Å². The van der Waals surface area contributed by atoms with Gasteiger partial charge in [0, 0.05) is 32.6 Å². The molecule has 0 radical (unpaired) electrons. The maximum atomic E-state index is 5.06. The lowest BCUT2D eigenvalue weighted by molar-refractivity contribution is 0.369. The van der Waals surface area contributed by atoms with E-state index in [1.165, 1.54) is 6.42 Å². The number of nitrogens with zero attached hydrogens (tertiary/aromatic N) is 5. The molecular formula is C15H21N5O. The van der Waals surface area contributed by atoms with Crippen LogP contribution in [-0.2, 0) is 6.42 Å². The molecule has 2 aromatic rings. The van der Waals surface area contributed by atoms with Crippen molar-refractivity contribution in [2.24, 2.45) is 5.92 Å². The van der Waals surface area contributed by atoms with Crippen LogP contribution >= 0.6 is 0 Å². The van der Waals surface area contributed by atoms with Crippen LogP contribution in [0.3, 0.4) is 0 Å². The van der Waals surface area contributed by atoms with Crippen LogP contribution in [0, 0.1) is 26.7 Å². The Kier molecular flexibility index (Phi) is 3.86. The minimum Gasteiger partial charge on any atom is -0.355 e. The molecule has 1 aliphatic rings. The van der Waals surface area contributed by atoms with Gasteiger partial charge in [0.05, 0.1) is 11.4 Å². The zero-order chi connectivity index (χ0) is 14.8. The maximum Gasteiger partial charge on any atom is 0.223 e. The summed E-state index contributed by atoms with van der Waals surface area (Å²) in [6.07, 6.45) is 5.05. The van der Waals surface area contributed by atoms with Gasteiger partial charge in [-0.3, -0.25) is 4.98 Å². The topological polar surface area (TPSA) is 67.9 Å². The van der Waals surface area contributed by atoms with Crippen LogP contribution in [0.1, 0.15) is 35.9 Å². The minimum absolute atomic E-state index is 0.539. The molecule has 0 amide bonds. The van der Waals surface area contributed by atoms with Crippen LogP contribution in [0.15, 0.2) is 10.7 Å². The van der Waals surface area contributed by atoms with Gasteiger partial charge in [0.15, 0.2) is 5.82 Å². The Bertz CT molecular complexity index is 624. The van der Waals surface area contributed by atoms with E-state index in [4.69, 9.17) is 4.52 Å². The summed E-state index contributed by atoms with van der Waals surface area (Å²) in [7, 11) is 0. The number of hydrogen-bond acceptors (Lipinski definition) is 6. The van der Waals surface area contributed by atoms with Gasteiger partial charge in [-0.05, 0) is 32.6 Å². The van der Waals surface area contributed by atoms with Crippen molar-refractivity contribution < 1.29 is 4.52 Å². The predicted molar refractivity (Wildman–Crippen MR) is 79.2 cm³/mol. The molecule has 0 bridgehead atoms. The van der Waals surface area contributed by atoms with E-state index >= 15 is 0 Å². The van der Waals surface area contributed by atoms with Crippen molar-refractivity contribution in [3.05, 3.63) is 29.3 Å². The first-order chi connectivity index (χ1) is 10.1. The Balaban J connectivity index is 1.72. The van der Waals surface area contributed by atoms with Crippen molar-refractivity contribution in [3.63, 3.8) is 0 Å². The summed E-state index contributed by atoms with van der Waals surface area (Å²) >= 11 is 0. The van der Waals surface area contributed by atoms with Gasteiger partial charge in [-0.15, -0.1) is 0 Å². The van der Waals surface area contributed by atoms with Gasteiger partial charge >= 0.3 is 0 Å². The Morgan fingerprint density at radius 1 is 1.29 bits per heavy atom. The summed E-state index contributed by atoms with van der Waals surface area (Å²) < 4.78 is 5.06. The van der Waals surface area contributed by atoms with Gasteiger partial charge in [-0.2, -0.15) is 4.98 Å². The fraction of sp³-hybridized carbons (Fsp3) is 0.600. The van der Waals surface area contributed by atoms with E-state index in [0.717, 1.165) is 49.0 Å². The summed E-state index contributed by atoms with van der Waals surface area (Å²) in [5.74, 6) is 3.01. The third-order valence-corrected chi connectivity index (χ3v) is 3.91. The molecule has 0 N–H and O–H groups in total. The van der Waals surface area contributed by atoms with E-state index < -0.39 is 0 Å². The minimum atomic E-state index is 0.539. The molecule has 3 rings (SSSR count). The quantitative estimate of drug-likeness (QED) is 0.862. The summed E-state index contributed by atoms with van der Waals surface area (Å²) in [6.45, 7) is 7.86. The van der Waals surface area contributed by atoms with Crippen LogP contribution in [-0.4, -0.2) is 33.2 Å². The lowest BCUT2D eigenvalue weighted by Gasteiger charge is -2.33. The Labute approximate surface area is 124 Å². The normalized spacial score (nSPS) is 19.0. The fourth-order valence-electron chi connectivity index (χ4n) is 2.93. The van der Waals surface area contributed by atoms with E-state index in [-0.39, 0.29) is 0 Å². The largest absolute Gasteiger partial charge is 0.355 e. The molecule has 21 heavy (non-hydrogen) atoms. The zero-order valence-electron chi connectivity index (χ0n) is 12.8. The lowest BCUT2D eigenvalue weighted by Crippen LogP contribution is -2.37. The van der Waals surface area contributed by atoms with Gasteiger partial charge < -0.3 is 9.42 Å². The summed E-state index contributed by atoms with van der Waals surface area (Å²) in [5, 5.41) is 4.01. The molecule has 6 heteroatoms.